The molecule has 22 heavy (non-hydrogen) atoms. The molecular formula is C18H20ClNO2. The van der Waals surface area contributed by atoms with Crippen molar-refractivity contribution < 1.29 is 9.53 Å². The largest absolute Gasteiger partial charge is 0.466 e. The first-order chi connectivity index (χ1) is 10.6. The molecule has 1 heterocycles. The fourth-order valence-electron chi connectivity index (χ4n) is 2.19. The van der Waals surface area contributed by atoms with Crippen molar-refractivity contribution in [2.75, 3.05) is 6.61 Å². The second kappa shape index (κ2) is 8.54. The number of hydrogen-bond donors (Lipinski definition) is 0. The van der Waals surface area contributed by atoms with Crippen molar-refractivity contribution in [2.45, 2.75) is 32.6 Å². The average Bonchev–Trinajstić information content (AvgIpc) is 2.50. The van der Waals surface area contributed by atoms with Gasteiger partial charge in [0.2, 0.25) is 0 Å². The van der Waals surface area contributed by atoms with Crippen LogP contribution in [0.1, 0.15) is 29.8 Å². The van der Waals surface area contributed by atoms with Gasteiger partial charge >= 0.3 is 5.97 Å². The van der Waals surface area contributed by atoms with E-state index in [9.17, 15) is 4.79 Å². The lowest BCUT2D eigenvalue weighted by molar-refractivity contribution is -0.143. The first kappa shape index (κ1) is 16.5. The summed E-state index contributed by atoms with van der Waals surface area (Å²) < 4.78 is 5.25. The van der Waals surface area contributed by atoms with E-state index in [4.69, 9.17) is 16.3 Å². The van der Waals surface area contributed by atoms with Crippen molar-refractivity contribution >= 4 is 17.6 Å². The molecule has 0 aliphatic carbocycles. The van der Waals surface area contributed by atoms with E-state index in [0.717, 1.165) is 29.8 Å². The molecular weight excluding hydrogens is 298 g/mol. The highest BCUT2D eigenvalue weighted by Gasteiger charge is 2.04. The third kappa shape index (κ3) is 5.86. The van der Waals surface area contributed by atoms with E-state index in [1.807, 2.05) is 49.4 Å². The quantitative estimate of drug-likeness (QED) is 0.569. The molecule has 0 saturated carbocycles. The van der Waals surface area contributed by atoms with Crippen LogP contribution in [-0.2, 0) is 22.4 Å². The van der Waals surface area contributed by atoms with E-state index in [-0.39, 0.29) is 5.97 Å². The maximum atomic E-state index is 11.7. The summed E-state index contributed by atoms with van der Waals surface area (Å²) in [6, 6.07) is 13.5. The normalized spacial score (nSPS) is 10.5. The summed E-state index contributed by atoms with van der Waals surface area (Å²) in [7, 11) is 0. The smallest absolute Gasteiger partial charge is 0.306 e. The minimum atomic E-state index is -0.169. The van der Waals surface area contributed by atoms with Gasteiger partial charge in [0, 0.05) is 22.8 Å². The summed E-state index contributed by atoms with van der Waals surface area (Å²) in [5.74, 6) is -0.169. The number of aromatic nitrogens is 1. The molecule has 0 amide bonds. The fraction of sp³-hybridized carbons (Fsp3) is 0.333. The average molecular weight is 318 g/mol. The van der Waals surface area contributed by atoms with Crippen LogP contribution in [-0.4, -0.2) is 17.6 Å². The van der Waals surface area contributed by atoms with E-state index >= 15 is 0 Å². The Morgan fingerprint density at radius 2 is 2.00 bits per heavy atom. The molecule has 0 aliphatic heterocycles. The SMILES string of the molecule is Cc1cccc(CCCOC(=O)CCc2cccc(Cl)c2)n1. The van der Waals surface area contributed by atoms with Gasteiger partial charge in [-0.1, -0.05) is 29.8 Å². The topological polar surface area (TPSA) is 39.2 Å². The maximum Gasteiger partial charge on any atom is 0.306 e. The van der Waals surface area contributed by atoms with Crippen molar-refractivity contribution in [1.82, 2.24) is 4.98 Å². The van der Waals surface area contributed by atoms with Gasteiger partial charge in [-0.2, -0.15) is 0 Å². The molecule has 0 radical (unpaired) electrons. The summed E-state index contributed by atoms with van der Waals surface area (Å²) >= 11 is 5.91. The Hall–Kier alpha value is -1.87. The van der Waals surface area contributed by atoms with Crippen molar-refractivity contribution in [3.05, 3.63) is 64.4 Å². The predicted octanol–water partition coefficient (Wildman–Crippen LogP) is 4.15. The van der Waals surface area contributed by atoms with Gasteiger partial charge in [0.25, 0.3) is 0 Å². The molecule has 0 atom stereocenters. The zero-order valence-corrected chi connectivity index (χ0v) is 13.5. The number of carbonyl (C=O) groups excluding carboxylic acids is 1. The number of ether oxygens (including phenoxy) is 1. The second-order valence-corrected chi connectivity index (χ2v) is 5.66. The number of benzene rings is 1. The second-order valence-electron chi connectivity index (χ2n) is 5.22. The lowest BCUT2D eigenvalue weighted by Gasteiger charge is -2.05. The number of halogens is 1. The monoisotopic (exact) mass is 317 g/mol. The lowest BCUT2D eigenvalue weighted by atomic mass is 10.1. The minimum absolute atomic E-state index is 0.169. The van der Waals surface area contributed by atoms with E-state index in [1.165, 1.54) is 0 Å². The number of carbonyl (C=O) groups is 1. The molecule has 0 unspecified atom stereocenters. The number of esters is 1. The molecule has 0 saturated heterocycles. The lowest BCUT2D eigenvalue weighted by Crippen LogP contribution is -2.08. The van der Waals surface area contributed by atoms with Crippen molar-refractivity contribution in [3.63, 3.8) is 0 Å². The molecule has 0 spiro atoms. The van der Waals surface area contributed by atoms with Crippen LogP contribution in [0.15, 0.2) is 42.5 Å². The fourth-order valence-corrected chi connectivity index (χ4v) is 2.40. The van der Waals surface area contributed by atoms with Crippen molar-refractivity contribution in [2.24, 2.45) is 0 Å². The molecule has 3 nitrogen and oxygen atoms in total. The molecule has 0 fully saturated rings. The number of hydrogen-bond acceptors (Lipinski definition) is 3. The van der Waals surface area contributed by atoms with E-state index in [1.54, 1.807) is 0 Å². The summed E-state index contributed by atoms with van der Waals surface area (Å²) in [6.07, 6.45) is 2.64. The Balaban J connectivity index is 1.63. The van der Waals surface area contributed by atoms with Crippen LogP contribution in [0.4, 0.5) is 0 Å². The van der Waals surface area contributed by atoms with Crippen molar-refractivity contribution in [3.8, 4) is 0 Å². The molecule has 116 valence electrons. The molecule has 4 heteroatoms. The van der Waals surface area contributed by atoms with Gasteiger partial charge in [0.05, 0.1) is 6.61 Å². The summed E-state index contributed by atoms with van der Waals surface area (Å²) in [6.45, 7) is 2.41. The van der Waals surface area contributed by atoms with Crippen LogP contribution in [0.2, 0.25) is 5.02 Å². The Morgan fingerprint density at radius 3 is 2.77 bits per heavy atom. The van der Waals surface area contributed by atoms with Gasteiger partial charge < -0.3 is 4.74 Å². The highest BCUT2D eigenvalue weighted by atomic mass is 35.5. The van der Waals surface area contributed by atoms with E-state index < -0.39 is 0 Å². The highest BCUT2D eigenvalue weighted by molar-refractivity contribution is 6.30. The first-order valence-corrected chi connectivity index (χ1v) is 7.84. The Bertz CT molecular complexity index is 628. The highest BCUT2D eigenvalue weighted by Crippen LogP contribution is 2.12. The molecule has 1 aromatic carbocycles. The Kier molecular flexibility index (Phi) is 6.41. The van der Waals surface area contributed by atoms with Crippen LogP contribution in [0.5, 0.6) is 0 Å². The molecule has 0 aliphatic rings. The van der Waals surface area contributed by atoms with Gasteiger partial charge in [-0.15, -0.1) is 0 Å². The number of nitrogens with zero attached hydrogens (tertiary/aromatic N) is 1. The standard InChI is InChI=1S/C18H20ClNO2/c1-14-5-2-8-17(20-14)9-4-12-22-18(21)11-10-15-6-3-7-16(19)13-15/h2-3,5-8,13H,4,9-12H2,1H3. The van der Waals surface area contributed by atoms with Gasteiger partial charge in [-0.3, -0.25) is 9.78 Å². The van der Waals surface area contributed by atoms with Gasteiger partial charge in [0.1, 0.15) is 0 Å². The van der Waals surface area contributed by atoms with E-state index in [0.29, 0.717) is 24.5 Å². The third-order valence-electron chi connectivity index (χ3n) is 3.29. The zero-order chi connectivity index (χ0) is 15.8. The molecule has 2 rings (SSSR count). The van der Waals surface area contributed by atoms with Crippen molar-refractivity contribution in [1.29, 1.82) is 0 Å². The third-order valence-corrected chi connectivity index (χ3v) is 3.53. The predicted molar refractivity (Wildman–Crippen MR) is 88.0 cm³/mol. The Labute approximate surface area is 136 Å². The molecule has 1 aromatic heterocycles. The molecule has 0 bridgehead atoms. The summed E-state index contributed by atoms with van der Waals surface area (Å²) in [5.41, 5.74) is 3.10. The van der Waals surface area contributed by atoms with Crippen LogP contribution >= 0.6 is 11.6 Å². The zero-order valence-electron chi connectivity index (χ0n) is 12.7. The summed E-state index contributed by atoms with van der Waals surface area (Å²) in [5, 5.41) is 0.691. The molecule has 2 aromatic rings. The number of rotatable bonds is 7. The first-order valence-electron chi connectivity index (χ1n) is 7.46. The van der Waals surface area contributed by atoms with Crippen LogP contribution in [0.25, 0.3) is 0 Å². The van der Waals surface area contributed by atoms with Gasteiger partial charge in [-0.05, 0) is 56.0 Å². The van der Waals surface area contributed by atoms with Gasteiger partial charge in [0.15, 0.2) is 0 Å². The van der Waals surface area contributed by atoms with Crippen LogP contribution < -0.4 is 0 Å². The minimum Gasteiger partial charge on any atom is -0.466 e. The Morgan fingerprint density at radius 1 is 1.18 bits per heavy atom. The van der Waals surface area contributed by atoms with E-state index in [2.05, 4.69) is 4.98 Å². The number of aryl methyl sites for hydroxylation is 3. The molecule has 0 N–H and O–H groups in total. The maximum absolute atomic E-state index is 11.7. The number of pyridine rings is 1. The van der Waals surface area contributed by atoms with Crippen LogP contribution in [0, 0.1) is 6.92 Å². The van der Waals surface area contributed by atoms with Gasteiger partial charge in [-0.25, -0.2) is 0 Å². The van der Waals surface area contributed by atoms with Crippen LogP contribution in [0.3, 0.4) is 0 Å². The summed E-state index contributed by atoms with van der Waals surface area (Å²) in [4.78, 5) is 16.1.